The minimum Gasteiger partial charge on any atom is -0.447 e. The van der Waals surface area contributed by atoms with E-state index in [9.17, 15) is 14.4 Å². The summed E-state index contributed by atoms with van der Waals surface area (Å²) >= 11 is 6.62. The number of amides is 3. The van der Waals surface area contributed by atoms with Crippen LogP contribution in [0.3, 0.4) is 0 Å². The van der Waals surface area contributed by atoms with Crippen molar-refractivity contribution in [2.75, 3.05) is 6.61 Å². The molecule has 138 valence electrons. The lowest BCUT2D eigenvalue weighted by Gasteiger charge is -2.23. The van der Waals surface area contributed by atoms with Crippen molar-refractivity contribution in [3.05, 3.63) is 58.6 Å². The second-order valence-electron chi connectivity index (χ2n) is 6.63. The third kappa shape index (κ3) is 3.40. The zero-order valence-corrected chi connectivity index (χ0v) is 15.1. The fraction of sp³-hybridized carbons (Fsp3) is 0.250. The predicted molar refractivity (Wildman–Crippen MR) is 99.2 cm³/mol. The van der Waals surface area contributed by atoms with Crippen LogP contribution in [0.15, 0.2) is 42.5 Å². The second-order valence-corrected chi connectivity index (χ2v) is 7.01. The van der Waals surface area contributed by atoms with E-state index in [1.807, 2.05) is 42.5 Å². The van der Waals surface area contributed by atoms with E-state index < -0.39 is 12.0 Å². The fourth-order valence-electron chi connectivity index (χ4n) is 3.49. The lowest BCUT2D eigenvalue weighted by Crippen LogP contribution is -2.39. The molecule has 2 aromatic rings. The average molecular weight is 385 g/mol. The second kappa shape index (κ2) is 7.04. The minimum atomic E-state index is -0.430. The topological polar surface area (TPSA) is 84.5 Å². The van der Waals surface area contributed by atoms with Crippen molar-refractivity contribution in [2.24, 2.45) is 0 Å². The molecule has 27 heavy (non-hydrogen) atoms. The molecule has 0 spiro atoms. The third-order valence-corrected chi connectivity index (χ3v) is 5.36. The van der Waals surface area contributed by atoms with E-state index in [1.54, 1.807) is 0 Å². The van der Waals surface area contributed by atoms with E-state index in [0.717, 1.165) is 22.3 Å². The molecule has 2 N–H and O–H groups in total. The number of rotatable bonds is 3. The number of alkyl carbamates (subject to hydrolysis) is 1. The van der Waals surface area contributed by atoms with Crippen LogP contribution in [-0.4, -0.2) is 24.5 Å². The Kier molecular flexibility index (Phi) is 4.58. The number of nitrogens with one attached hydrogen (secondary N) is 2. The average Bonchev–Trinajstić information content (AvgIpc) is 3.09. The first kappa shape index (κ1) is 17.5. The molecule has 2 aliphatic rings. The molecule has 0 saturated carbocycles. The maximum atomic E-state index is 12.2. The first-order valence-electron chi connectivity index (χ1n) is 8.68. The van der Waals surface area contributed by atoms with Gasteiger partial charge in [-0.1, -0.05) is 54.1 Å². The van der Waals surface area contributed by atoms with Gasteiger partial charge in [0.2, 0.25) is 11.8 Å². The van der Waals surface area contributed by atoms with Crippen LogP contribution in [0, 0.1) is 0 Å². The Morgan fingerprint density at radius 1 is 1.04 bits per heavy atom. The highest BCUT2D eigenvalue weighted by molar-refractivity contribution is 6.34. The number of ether oxygens (including phenoxy) is 1. The first-order valence-corrected chi connectivity index (χ1v) is 9.06. The van der Waals surface area contributed by atoms with E-state index in [2.05, 4.69) is 10.6 Å². The summed E-state index contributed by atoms with van der Waals surface area (Å²) in [6.07, 6.45) is 0.346. The van der Waals surface area contributed by atoms with Gasteiger partial charge in [-0.25, -0.2) is 4.79 Å². The third-order valence-electron chi connectivity index (χ3n) is 4.94. The molecule has 7 heteroatoms. The van der Waals surface area contributed by atoms with Gasteiger partial charge in [0.25, 0.3) is 0 Å². The largest absolute Gasteiger partial charge is 0.447 e. The number of cyclic esters (lactones) is 1. The van der Waals surface area contributed by atoms with Gasteiger partial charge in [0.1, 0.15) is 6.61 Å². The van der Waals surface area contributed by atoms with E-state index in [1.165, 1.54) is 0 Å². The highest BCUT2D eigenvalue weighted by Crippen LogP contribution is 2.37. The summed E-state index contributed by atoms with van der Waals surface area (Å²) in [5.41, 5.74) is 3.39. The van der Waals surface area contributed by atoms with Crippen molar-refractivity contribution in [1.82, 2.24) is 10.6 Å². The van der Waals surface area contributed by atoms with Crippen LogP contribution in [0.4, 0.5) is 4.79 Å². The summed E-state index contributed by atoms with van der Waals surface area (Å²) in [5, 5.41) is 5.63. The summed E-state index contributed by atoms with van der Waals surface area (Å²) in [6, 6.07) is 13.1. The summed E-state index contributed by atoms with van der Waals surface area (Å²) in [6.45, 7) is 0.309. The number of piperidine rings is 1. The Morgan fingerprint density at radius 2 is 1.81 bits per heavy atom. The lowest BCUT2D eigenvalue weighted by atomic mass is 9.88. The number of carbonyl (C=O) groups is 3. The molecule has 3 amide bonds. The van der Waals surface area contributed by atoms with Crippen molar-refractivity contribution in [3.8, 4) is 11.1 Å². The molecule has 2 aliphatic heterocycles. The smallest absolute Gasteiger partial charge is 0.407 e. The van der Waals surface area contributed by atoms with E-state index in [-0.39, 0.29) is 17.9 Å². The van der Waals surface area contributed by atoms with Gasteiger partial charge >= 0.3 is 6.09 Å². The van der Waals surface area contributed by atoms with Crippen LogP contribution in [-0.2, 0) is 14.3 Å². The molecule has 2 heterocycles. The van der Waals surface area contributed by atoms with Gasteiger partial charge in [-0.15, -0.1) is 0 Å². The molecule has 0 aliphatic carbocycles. The molecule has 0 bridgehead atoms. The maximum absolute atomic E-state index is 12.2. The number of benzene rings is 2. The monoisotopic (exact) mass is 384 g/mol. The number of hydrogen-bond donors (Lipinski definition) is 2. The summed E-state index contributed by atoms with van der Waals surface area (Å²) in [7, 11) is 0. The van der Waals surface area contributed by atoms with Crippen LogP contribution < -0.4 is 10.6 Å². The molecule has 2 saturated heterocycles. The molecule has 4 rings (SSSR count). The highest BCUT2D eigenvalue weighted by atomic mass is 35.5. The molecule has 2 atom stereocenters. The summed E-state index contributed by atoms with van der Waals surface area (Å²) < 4.78 is 4.92. The Hall–Kier alpha value is -2.86. The number of halogens is 1. The lowest BCUT2D eigenvalue weighted by molar-refractivity contribution is -0.134. The van der Waals surface area contributed by atoms with Crippen molar-refractivity contribution in [3.63, 3.8) is 0 Å². The van der Waals surface area contributed by atoms with Crippen molar-refractivity contribution >= 4 is 29.5 Å². The Morgan fingerprint density at radius 3 is 2.48 bits per heavy atom. The zero-order valence-electron chi connectivity index (χ0n) is 14.3. The molecule has 0 aromatic heterocycles. The molecule has 2 aromatic carbocycles. The van der Waals surface area contributed by atoms with Gasteiger partial charge in [0.05, 0.1) is 17.0 Å². The van der Waals surface area contributed by atoms with Gasteiger partial charge in [0, 0.05) is 12.0 Å². The first-order chi connectivity index (χ1) is 13.0. The van der Waals surface area contributed by atoms with Crippen molar-refractivity contribution < 1.29 is 19.1 Å². The summed E-state index contributed by atoms with van der Waals surface area (Å²) in [4.78, 5) is 34.8. The van der Waals surface area contributed by atoms with E-state index in [4.69, 9.17) is 16.3 Å². The van der Waals surface area contributed by atoms with E-state index in [0.29, 0.717) is 24.5 Å². The molecule has 6 nitrogen and oxygen atoms in total. The standard InChI is InChI=1S/C20H17ClN2O4/c21-18-13(2-1-3-14(18)15-8-9-17(24)23-19(15)25)11-4-6-12(7-5-11)16-10-27-20(26)22-16/h1-7,15-16H,8-10H2,(H,22,26)(H,23,24,25)/t15-,16?/m1/s1. The van der Waals surface area contributed by atoms with Gasteiger partial charge in [-0.2, -0.15) is 0 Å². The highest BCUT2D eigenvalue weighted by Gasteiger charge is 2.30. The Labute approximate surface area is 160 Å². The van der Waals surface area contributed by atoms with Gasteiger partial charge < -0.3 is 10.1 Å². The van der Waals surface area contributed by atoms with Crippen LogP contribution in [0.2, 0.25) is 5.02 Å². The van der Waals surface area contributed by atoms with Gasteiger partial charge in [0.15, 0.2) is 0 Å². The van der Waals surface area contributed by atoms with E-state index >= 15 is 0 Å². The predicted octanol–water partition coefficient (Wildman–Crippen LogP) is 3.31. The normalized spacial score (nSPS) is 22.2. The Balaban J connectivity index is 1.62. The van der Waals surface area contributed by atoms with Crippen molar-refractivity contribution in [1.29, 1.82) is 0 Å². The van der Waals surface area contributed by atoms with Crippen LogP contribution in [0.5, 0.6) is 0 Å². The molecule has 0 radical (unpaired) electrons. The SMILES string of the molecule is O=C1CC[C@H](c2cccc(-c3ccc(C4COC(=O)N4)cc3)c2Cl)C(=O)N1. The number of hydrogen-bond acceptors (Lipinski definition) is 4. The van der Waals surface area contributed by atoms with Crippen LogP contribution in [0.25, 0.3) is 11.1 Å². The zero-order chi connectivity index (χ0) is 19.0. The van der Waals surface area contributed by atoms with Crippen LogP contribution in [0.1, 0.15) is 35.9 Å². The fourth-order valence-corrected chi connectivity index (χ4v) is 3.86. The summed E-state index contributed by atoms with van der Waals surface area (Å²) in [5.74, 6) is -0.986. The van der Waals surface area contributed by atoms with Gasteiger partial charge in [-0.05, 0) is 23.1 Å². The Bertz CT molecular complexity index is 926. The van der Waals surface area contributed by atoms with Crippen molar-refractivity contribution in [2.45, 2.75) is 24.8 Å². The quantitative estimate of drug-likeness (QED) is 0.795. The maximum Gasteiger partial charge on any atom is 0.407 e. The number of carbonyl (C=O) groups excluding carboxylic acids is 3. The van der Waals surface area contributed by atoms with Crippen LogP contribution >= 0.6 is 11.6 Å². The van der Waals surface area contributed by atoms with Gasteiger partial charge in [-0.3, -0.25) is 14.9 Å². The number of imide groups is 1. The molecule has 2 fully saturated rings. The molecule has 1 unspecified atom stereocenters. The molecular formula is C20H17ClN2O4. The minimum absolute atomic E-state index is 0.156. The molecular weight excluding hydrogens is 368 g/mol.